The van der Waals surface area contributed by atoms with Gasteiger partial charge in [0.25, 0.3) is 0 Å². The quantitative estimate of drug-likeness (QED) is 0.484. The summed E-state index contributed by atoms with van der Waals surface area (Å²) < 4.78 is 17.7. The Hall–Kier alpha value is -4.08. The van der Waals surface area contributed by atoms with Crippen LogP contribution in [0.3, 0.4) is 0 Å². The highest BCUT2D eigenvalue weighted by Gasteiger charge is 2.21. The smallest absolute Gasteiger partial charge is 0.412 e. The zero-order chi connectivity index (χ0) is 23.0. The molecule has 0 spiro atoms. The Bertz CT molecular complexity index is 1300. The number of fused-ring (bicyclic) bond motifs is 1. The average molecular weight is 436 g/mol. The number of nitrogens with two attached hydrogens (primary N) is 1. The zero-order valence-corrected chi connectivity index (χ0v) is 18.5. The Morgan fingerprint density at radius 2 is 2.00 bits per heavy atom. The number of carbonyl (C=O) groups is 1. The molecule has 0 radical (unpaired) electrons. The van der Waals surface area contributed by atoms with E-state index in [0.717, 1.165) is 11.1 Å². The van der Waals surface area contributed by atoms with Gasteiger partial charge in [-0.15, -0.1) is 0 Å². The first-order valence-corrected chi connectivity index (χ1v) is 9.90. The number of aromatic nitrogens is 4. The van der Waals surface area contributed by atoms with Crippen molar-refractivity contribution < 1.29 is 18.8 Å². The number of hydrogen-bond acceptors (Lipinski definition) is 8. The molecule has 0 saturated carbocycles. The first kappa shape index (κ1) is 21.2. The number of benzene rings is 1. The van der Waals surface area contributed by atoms with Crippen molar-refractivity contribution in [1.29, 1.82) is 0 Å². The van der Waals surface area contributed by atoms with Crippen LogP contribution in [0.15, 0.2) is 41.2 Å². The van der Waals surface area contributed by atoms with Crippen molar-refractivity contribution >= 4 is 23.1 Å². The van der Waals surface area contributed by atoms with Gasteiger partial charge in [-0.3, -0.25) is 5.32 Å². The van der Waals surface area contributed by atoms with Crippen molar-refractivity contribution in [3.8, 4) is 28.3 Å². The summed E-state index contributed by atoms with van der Waals surface area (Å²) >= 11 is 0. The van der Waals surface area contributed by atoms with E-state index in [2.05, 4.69) is 20.6 Å². The van der Waals surface area contributed by atoms with Crippen molar-refractivity contribution in [2.75, 3.05) is 18.2 Å². The van der Waals surface area contributed by atoms with Crippen LogP contribution in [-0.4, -0.2) is 38.6 Å². The van der Waals surface area contributed by atoms with Gasteiger partial charge < -0.3 is 19.7 Å². The molecule has 166 valence electrons. The molecule has 10 heteroatoms. The molecule has 10 nitrogen and oxygen atoms in total. The highest BCUT2D eigenvalue weighted by molar-refractivity contribution is 5.93. The summed E-state index contributed by atoms with van der Waals surface area (Å²) in [5.74, 6) is 1.45. The lowest BCUT2D eigenvalue weighted by Crippen LogP contribution is -2.27. The van der Waals surface area contributed by atoms with Gasteiger partial charge in [-0.2, -0.15) is 5.10 Å². The molecule has 0 aliphatic heterocycles. The Labute approximate surface area is 184 Å². The van der Waals surface area contributed by atoms with Crippen molar-refractivity contribution in [1.82, 2.24) is 19.8 Å². The van der Waals surface area contributed by atoms with Crippen LogP contribution in [0.5, 0.6) is 5.75 Å². The molecule has 4 aromatic rings. The first-order valence-electron chi connectivity index (χ1n) is 9.90. The average Bonchev–Trinajstić information content (AvgIpc) is 3.31. The molecule has 0 atom stereocenters. The third kappa shape index (κ3) is 4.07. The molecule has 1 amide bonds. The molecule has 0 fully saturated rings. The van der Waals surface area contributed by atoms with Crippen LogP contribution in [0.25, 0.3) is 28.0 Å². The zero-order valence-electron chi connectivity index (χ0n) is 18.5. The van der Waals surface area contributed by atoms with E-state index in [4.69, 9.17) is 19.7 Å². The van der Waals surface area contributed by atoms with Crippen LogP contribution in [-0.2, 0) is 4.74 Å². The van der Waals surface area contributed by atoms with Crippen LogP contribution in [0.1, 0.15) is 26.5 Å². The fourth-order valence-corrected chi connectivity index (χ4v) is 3.33. The van der Waals surface area contributed by atoms with Crippen LogP contribution in [0.2, 0.25) is 0 Å². The predicted molar refractivity (Wildman–Crippen MR) is 119 cm³/mol. The fraction of sp³-hybridized carbons (Fsp3) is 0.273. The van der Waals surface area contributed by atoms with E-state index in [-0.39, 0.29) is 0 Å². The maximum atomic E-state index is 12.2. The number of methoxy groups -OCH3 is 1. The van der Waals surface area contributed by atoms with Crippen molar-refractivity contribution in [3.63, 3.8) is 0 Å². The minimum Gasteiger partial charge on any atom is -0.495 e. The largest absolute Gasteiger partial charge is 0.495 e. The standard InChI is InChI=1S/C22H24N6O4/c1-12-8-16(27-32-12)17-10-14(19-20(23)24-11-25-28(17)19)13-6-7-15(18(9-13)30-5)26-21(29)31-22(2,3)4/h6-11H,1-5H3,(H,26,29)(H2,23,24,25). The molecule has 32 heavy (non-hydrogen) atoms. The summed E-state index contributed by atoms with van der Waals surface area (Å²) in [6.45, 7) is 7.21. The minimum atomic E-state index is -0.615. The molecule has 3 heterocycles. The Morgan fingerprint density at radius 1 is 1.22 bits per heavy atom. The Kier molecular flexibility index (Phi) is 5.21. The highest BCUT2D eigenvalue weighted by Crippen LogP contribution is 2.37. The molecule has 0 aliphatic carbocycles. The number of anilines is 2. The number of nitrogens with one attached hydrogen (secondary N) is 1. The topological polar surface area (TPSA) is 130 Å². The SMILES string of the molecule is COc1cc(-c2cc(-c3cc(C)on3)n3ncnc(N)c23)ccc1NC(=O)OC(C)(C)C. The molecule has 4 rings (SSSR count). The molecular weight excluding hydrogens is 412 g/mol. The van der Waals surface area contributed by atoms with Gasteiger partial charge in [0.1, 0.15) is 34.6 Å². The van der Waals surface area contributed by atoms with Gasteiger partial charge in [0, 0.05) is 11.6 Å². The third-order valence-electron chi connectivity index (χ3n) is 4.62. The molecule has 3 N–H and O–H groups in total. The highest BCUT2D eigenvalue weighted by atomic mass is 16.6. The predicted octanol–water partition coefficient (Wildman–Crippen LogP) is 4.30. The second-order valence-electron chi connectivity index (χ2n) is 8.21. The van der Waals surface area contributed by atoms with Crippen molar-refractivity contribution in [3.05, 3.63) is 42.4 Å². The Morgan fingerprint density at radius 3 is 2.66 bits per heavy atom. The molecule has 0 unspecified atom stereocenters. The lowest BCUT2D eigenvalue weighted by molar-refractivity contribution is 0.0635. The summed E-state index contributed by atoms with van der Waals surface area (Å²) in [4.78, 5) is 16.3. The van der Waals surface area contributed by atoms with Crippen LogP contribution in [0.4, 0.5) is 16.3 Å². The number of ether oxygens (including phenoxy) is 2. The van der Waals surface area contributed by atoms with Gasteiger partial charge >= 0.3 is 6.09 Å². The summed E-state index contributed by atoms with van der Waals surface area (Å²) in [6.07, 6.45) is 0.816. The third-order valence-corrected chi connectivity index (χ3v) is 4.62. The van der Waals surface area contributed by atoms with E-state index >= 15 is 0 Å². The van der Waals surface area contributed by atoms with Gasteiger partial charge in [-0.25, -0.2) is 14.3 Å². The molecular formula is C22H24N6O4. The van der Waals surface area contributed by atoms with Crippen molar-refractivity contribution in [2.24, 2.45) is 0 Å². The number of carbonyl (C=O) groups excluding carboxylic acids is 1. The number of nitrogens with zero attached hydrogens (tertiary/aromatic N) is 4. The number of hydrogen-bond donors (Lipinski definition) is 2. The summed E-state index contributed by atoms with van der Waals surface area (Å²) in [7, 11) is 1.53. The monoisotopic (exact) mass is 436 g/mol. The number of aryl methyl sites for hydroxylation is 1. The van der Waals surface area contributed by atoms with Gasteiger partial charge in [0.2, 0.25) is 0 Å². The summed E-state index contributed by atoms with van der Waals surface area (Å²) in [5.41, 5.74) is 9.58. The van der Waals surface area contributed by atoms with E-state index in [1.165, 1.54) is 13.4 Å². The lowest BCUT2D eigenvalue weighted by Gasteiger charge is -2.20. The minimum absolute atomic E-state index is 0.316. The summed E-state index contributed by atoms with van der Waals surface area (Å²) in [6, 6.07) is 9.11. The van der Waals surface area contributed by atoms with Crippen LogP contribution >= 0.6 is 0 Å². The number of amides is 1. The first-order chi connectivity index (χ1) is 15.2. The molecule has 1 aromatic carbocycles. The van der Waals surface area contributed by atoms with E-state index < -0.39 is 11.7 Å². The second-order valence-corrected chi connectivity index (χ2v) is 8.21. The van der Waals surface area contributed by atoms with Crippen LogP contribution < -0.4 is 15.8 Å². The number of rotatable bonds is 4. The van der Waals surface area contributed by atoms with Gasteiger partial charge in [-0.1, -0.05) is 11.2 Å². The van der Waals surface area contributed by atoms with E-state index in [1.54, 1.807) is 37.4 Å². The fourth-order valence-electron chi connectivity index (χ4n) is 3.33. The van der Waals surface area contributed by atoms with Gasteiger partial charge in [0.15, 0.2) is 5.82 Å². The maximum Gasteiger partial charge on any atom is 0.412 e. The van der Waals surface area contributed by atoms with Crippen molar-refractivity contribution in [2.45, 2.75) is 33.3 Å². The molecule has 0 aliphatic rings. The molecule has 3 aromatic heterocycles. The van der Waals surface area contributed by atoms with Gasteiger partial charge in [-0.05, 0) is 51.5 Å². The normalized spacial score (nSPS) is 11.5. The molecule has 0 bridgehead atoms. The van der Waals surface area contributed by atoms with E-state index in [9.17, 15) is 4.79 Å². The van der Waals surface area contributed by atoms with Gasteiger partial charge in [0.05, 0.1) is 18.5 Å². The van der Waals surface area contributed by atoms with E-state index in [1.807, 2.05) is 25.1 Å². The lowest BCUT2D eigenvalue weighted by atomic mass is 10.1. The number of nitrogen functional groups attached to an aromatic ring is 1. The van der Waals surface area contributed by atoms with Crippen LogP contribution in [0, 0.1) is 6.92 Å². The molecule has 0 saturated heterocycles. The summed E-state index contributed by atoms with van der Waals surface area (Å²) in [5, 5.41) is 11.2. The maximum absolute atomic E-state index is 12.2. The van der Waals surface area contributed by atoms with E-state index in [0.29, 0.717) is 39.9 Å². The second kappa shape index (κ2) is 7.88. The Balaban J connectivity index is 1.78.